The first-order valence-electron chi connectivity index (χ1n) is 6.38. The zero-order valence-electron chi connectivity index (χ0n) is 12.0. The second-order valence-corrected chi connectivity index (χ2v) is 6.11. The van der Waals surface area contributed by atoms with Gasteiger partial charge in [0.15, 0.2) is 5.58 Å². The molecule has 2 aromatic rings. The Labute approximate surface area is 140 Å². The number of nitrogens with one attached hydrogen (secondary N) is 1. The molecular weight excluding hydrogens is 342 g/mol. The monoisotopic (exact) mass is 355 g/mol. The van der Waals surface area contributed by atoms with Crippen LogP contribution in [0.25, 0.3) is 11.1 Å². The maximum absolute atomic E-state index is 11.9. The van der Waals surface area contributed by atoms with Crippen LogP contribution in [-0.4, -0.2) is 41.1 Å². The second-order valence-electron chi connectivity index (χ2n) is 4.42. The van der Waals surface area contributed by atoms with Gasteiger partial charge in [0.2, 0.25) is 10.8 Å². The van der Waals surface area contributed by atoms with Gasteiger partial charge in [0.1, 0.15) is 12.1 Å². The number of hydrogen-bond donors (Lipinski definition) is 2. The molecule has 0 aliphatic carbocycles. The minimum absolute atomic E-state index is 0.0784. The summed E-state index contributed by atoms with van der Waals surface area (Å²) in [6.45, 7) is -0.553. The molecule has 2 rings (SSSR count). The maximum atomic E-state index is 11.9. The minimum Gasteiger partial charge on any atom is -0.467 e. The predicted octanol–water partition coefficient (Wildman–Crippen LogP) is 1.60. The van der Waals surface area contributed by atoms with Crippen molar-refractivity contribution in [2.45, 2.75) is 10.1 Å². The van der Waals surface area contributed by atoms with E-state index in [-0.39, 0.29) is 5.75 Å². The molecular formula is C13H13N3O5S2. The smallest absolute Gasteiger partial charge is 0.344 e. The summed E-state index contributed by atoms with van der Waals surface area (Å²) < 4.78 is 9.96. The van der Waals surface area contributed by atoms with Gasteiger partial charge in [0, 0.05) is 0 Å². The summed E-state index contributed by atoms with van der Waals surface area (Å²) in [5, 5.41) is 5.23. The van der Waals surface area contributed by atoms with Crippen LogP contribution in [0, 0.1) is 4.91 Å². The molecule has 0 bridgehead atoms. The molecule has 1 atom stereocenters. The Kier molecular flexibility index (Phi) is 5.61. The number of thioether (sulfide) groups is 1. The van der Waals surface area contributed by atoms with Gasteiger partial charge < -0.3 is 14.5 Å². The van der Waals surface area contributed by atoms with E-state index in [2.05, 4.69) is 32.8 Å². The van der Waals surface area contributed by atoms with E-state index in [1.807, 2.05) is 12.1 Å². The Balaban J connectivity index is 1.98. The highest BCUT2D eigenvalue weighted by molar-refractivity contribution is 7.99. The molecule has 1 unspecified atom stereocenters. The molecule has 1 aromatic heterocycles. The molecule has 0 spiro atoms. The van der Waals surface area contributed by atoms with Gasteiger partial charge in [-0.05, 0) is 12.1 Å². The number of nitroso groups, excluding NO2 is 1. The first kappa shape index (κ1) is 17.3. The van der Waals surface area contributed by atoms with Crippen molar-refractivity contribution in [2.75, 3.05) is 19.4 Å². The number of esters is 1. The van der Waals surface area contributed by atoms with Crippen LogP contribution >= 0.6 is 24.4 Å². The highest BCUT2D eigenvalue weighted by Gasteiger charge is 2.38. The number of amides is 1. The lowest BCUT2D eigenvalue weighted by molar-refractivity contribution is -0.145. The van der Waals surface area contributed by atoms with Crippen LogP contribution in [0.1, 0.15) is 0 Å². The summed E-state index contributed by atoms with van der Waals surface area (Å²) in [6.07, 6.45) is 0. The van der Waals surface area contributed by atoms with Gasteiger partial charge in [-0.1, -0.05) is 29.1 Å². The number of rotatable bonds is 7. The van der Waals surface area contributed by atoms with Gasteiger partial charge in [-0.3, -0.25) is 4.79 Å². The molecule has 0 saturated heterocycles. The SMILES string of the molecule is COC(=O)C(S)(CN=O)NC(=O)CSc1nc2ccccc2o1. The fourth-order valence-corrected chi connectivity index (χ4v) is 2.64. The Morgan fingerprint density at radius 1 is 1.48 bits per heavy atom. The molecule has 0 radical (unpaired) electrons. The van der Waals surface area contributed by atoms with Gasteiger partial charge in [-0.25, -0.2) is 9.78 Å². The lowest BCUT2D eigenvalue weighted by Gasteiger charge is -2.23. The number of carbonyl (C=O) groups excluding carboxylic acids is 2. The molecule has 0 aliphatic heterocycles. The van der Waals surface area contributed by atoms with E-state index in [0.29, 0.717) is 16.3 Å². The van der Waals surface area contributed by atoms with Crippen LogP contribution in [0.2, 0.25) is 0 Å². The number of benzene rings is 1. The normalized spacial score (nSPS) is 13.3. The van der Waals surface area contributed by atoms with Crippen molar-refractivity contribution in [1.82, 2.24) is 10.3 Å². The molecule has 23 heavy (non-hydrogen) atoms. The molecule has 8 nitrogen and oxygen atoms in total. The Bertz CT molecular complexity index is 702. The molecule has 1 N–H and O–H groups in total. The van der Waals surface area contributed by atoms with Gasteiger partial charge in [0.25, 0.3) is 5.22 Å². The standard InChI is InChI=1S/C13H13N3O5S2/c1-20-11(18)13(22,7-14-19)16-10(17)6-23-12-15-8-4-2-3-5-9(8)21-12/h2-5,22H,6-7H2,1H3,(H,16,17). The molecule has 122 valence electrons. The number of aromatic nitrogens is 1. The van der Waals surface area contributed by atoms with E-state index in [1.165, 1.54) is 0 Å². The van der Waals surface area contributed by atoms with Crippen LogP contribution in [-0.2, 0) is 14.3 Å². The molecule has 0 saturated carbocycles. The summed E-state index contributed by atoms with van der Waals surface area (Å²) in [5.74, 6) is -1.49. The number of ether oxygens (including phenoxy) is 1. The van der Waals surface area contributed by atoms with E-state index in [0.717, 1.165) is 18.9 Å². The van der Waals surface area contributed by atoms with Crippen LogP contribution < -0.4 is 5.32 Å². The molecule has 0 aliphatic rings. The summed E-state index contributed by atoms with van der Waals surface area (Å²) in [7, 11) is 1.12. The fourth-order valence-electron chi connectivity index (χ4n) is 1.72. The van der Waals surface area contributed by atoms with Gasteiger partial charge in [-0.15, -0.1) is 12.6 Å². The van der Waals surface area contributed by atoms with E-state index < -0.39 is 23.3 Å². The van der Waals surface area contributed by atoms with E-state index in [4.69, 9.17) is 4.42 Å². The number of nitrogens with zero attached hydrogens (tertiary/aromatic N) is 2. The summed E-state index contributed by atoms with van der Waals surface area (Å²) in [5.41, 5.74) is 1.29. The zero-order valence-corrected chi connectivity index (χ0v) is 13.7. The van der Waals surface area contributed by atoms with Crippen LogP contribution in [0.5, 0.6) is 0 Å². The third kappa shape index (κ3) is 4.23. The number of hydrogen-bond acceptors (Lipinski definition) is 9. The predicted molar refractivity (Wildman–Crippen MR) is 87.3 cm³/mol. The largest absolute Gasteiger partial charge is 0.467 e. The fraction of sp³-hybridized carbons (Fsp3) is 0.308. The molecule has 1 aromatic carbocycles. The molecule has 1 amide bonds. The number of thiol groups is 1. The Hall–Kier alpha value is -2.07. The van der Waals surface area contributed by atoms with Crippen molar-refractivity contribution in [3.8, 4) is 0 Å². The summed E-state index contributed by atoms with van der Waals surface area (Å²) >= 11 is 5.03. The number of fused-ring (bicyclic) bond motifs is 1. The summed E-state index contributed by atoms with van der Waals surface area (Å²) in [4.78, 5) is 36.4. The van der Waals surface area contributed by atoms with Crippen LogP contribution in [0.15, 0.2) is 39.1 Å². The van der Waals surface area contributed by atoms with E-state index >= 15 is 0 Å². The third-order valence-corrected chi connectivity index (χ3v) is 4.03. The average Bonchev–Trinajstić information content (AvgIpc) is 2.95. The first-order chi connectivity index (χ1) is 11.0. The van der Waals surface area contributed by atoms with Crippen molar-refractivity contribution in [3.05, 3.63) is 29.2 Å². The average molecular weight is 355 g/mol. The number of carbonyl (C=O) groups is 2. The minimum atomic E-state index is -1.80. The van der Waals surface area contributed by atoms with Gasteiger partial charge in [0.05, 0.1) is 12.9 Å². The van der Waals surface area contributed by atoms with Crippen molar-refractivity contribution in [3.63, 3.8) is 0 Å². The van der Waals surface area contributed by atoms with Crippen molar-refractivity contribution < 1.29 is 18.7 Å². The van der Waals surface area contributed by atoms with E-state index in [1.54, 1.807) is 12.1 Å². The Morgan fingerprint density at radius 3 is 2.87 bits per heavy atom. The van der Waals surface area contributed by atoms with Crippen molar-refractivity contribution >= 4 is 47.4 Å². The summed E-state index contributed by atoms with van der Waals surface area (Å²) in [6, 6.07) is 7.18. The third-order valence-electron chi connectivity index (χ3n) is 2.76. The van der Waals surface area contributed by atoms with Crippen LogP contribution in [0.4, 0.5) is 0 Å². The lowest BCUT2D eigenvalue weighted by Crippen LogP contribution is -2.53. The highest BCUT2D eigenvalue weighted by atomic mass is 32.2. The zero-order chi connectivity index (χ0) is 16.9. The van der Waals surface area contributed by atoms with Crippen LogP contribution in [0.3, 0.4) is 0 Å². The topological polar surface area (TPSA) is 111 Å². The molecule has 1 heterocycles. The number of para-hydroxylation sites is 2. The number of methoxy groups -OCH3 is 1. The Morgan fingerprint density at radius 2 is 2.22 bits per heavy atom. The quantitative estimate of drug-likeness (QED) is 0.255. The number of oxazole rings is 1. The first-order valence-corrected chi connectivity index (χ1v) is 7.81. The molecule has 10 heteroatoms. The highest BCUT2D eigenvalue weighted by Crippen LogP contribution is 2.23. The molecule has 0 fully saturated rings. The van der Waals surface area contributed by atoms with Crippen molar-refractivity contribution in [1.29, 1.82) is 0 Å². The van der Waals surface area contributed by atoms with Gasteiger partial charge in [-0.2, -0.15) is 4.91 Å². The van der Waals surface area contributed by atoms with Crippen molar-refractivity contribution in [2.24, 2.45) is 5.18 Å². The van der Waals surface area contributed by atoms with E-state index in [9.17, 15) is 14.5 Å². The second kappa shape index (κ2) is 7.47. The van der Waals surface area contributed by atoms with Gasteiger partial charge >= 0.3 is 5.97 Å². The maximum Gasteiger partial charge on any atom is 0.344 e. The lowest BCUT2D eigenvalue weighted by atomic mass is 10.3.